The minimum absolute atomic E-state index is 0.604. The van der Waals surface area contributed by atoms with E-state index >= 15 is 0 Å². The van der Waals surface area contributed by atoms with Gasteiger partial charge in [-0.2, -0.15) is 5.10 Å². The Bertz CT molecular complexity index is 493. The van der Waals surface area contributed by atoms with Gasteiger partial charge in [-0.1, -0.05) is 19.1 Å². The number of aliphatic hydroxyl groups is 1. The summed E-state index contributed by atoms with van der Waals surface area (Å²) < 4.78 is 1.82. The van der Waals surface area contributed by atoms with Crippen LogP contribution in [0.3, 0.4) is 0 Å². The predicted molar refractivity (Wildman–Crippen MR) is 74.8 cm³/mol. The van der Waals surface area contributed by atoms with Gasteiger partial charge >= 0.3 is 0 Å². The molecule has 1 aromatic carbocycles. The van der Waals surface area contributed by atoms with Crippen molar-refractivity contribution in [1.29, 1.82) is 0 Å². The molecule has 0 aliphatic carbocycles. The van der Waals surface area contributed by atoms with E-state index in [1.807, 2.05) is 29.8 Å². The lowest BCUT2D eigenvalue weighted by Gasteiger charge is -2.13. The molecule has 96 valence electrons. The lowest BCUT2D eigenvalue weighted by molar-refractivity contribution is 0.208. The Labute approximate surface area is 112 Å². The minimum atomic E-state index is -0.604. The molecule has 1 atom stereocenters. The summed E-state index contributed by atoms with van der Waals surface area (Å²) >= 11 is 1.80. The molecule has 0 fully saturated rings. The van der Waals surface area contributed by atoms with Gasteiger partial charge in [-0.25, -0.2) is 0 Å². The third kappa shape index (κ3) is 2.76. The summed E-state index contributed by atoms with van der Waals surface area (Å²) in [5, 5.41) is 14.5. The maximum Gasteiger partial charge on any atom is 0.121 e. The molecule has 0 saturated heterocycles. The van der Waals surface area contributed by atoms with Gasteiger partial charge in [-0.3, -0.25) is 4.68 Å². The molecule has 1 aromatic heterocycles. The van der Waals surface area contributed by atoms with Crippen molar-refractivity contribution in [3.8, 4) is 0 Å². The first-order valence-corrected chi connectivity index (χ1v) is 7.17. The largest absolute Gasteiger partial charge is 0.382 e. The summed E-state index contributed by atoms with van der Waals surface area (Å²) in [5.74, 6) is 1.06. The van der Waals surface area contributed by atoms with Gasteiger partial charge in [-0.15, -0.1) is 11.8 Å². The number of nitrogens with zero attached hydrogens (tertiary/aromatic N) is 2. The van der Waals surface area contributed by atoms with Crippen LogP contribution < -0.4 is 0 Å². The van der Waals surface area contributed by atoms with Crippen LogP contribution in [0, 0.1) is 0 Å². The number of hydrogen-bond donors (Lipinski definition) is 1. The van der Waals surface area contributed by atoms with E-state index in [-0.39, 0.29) is 0 Å². The number of aromatic nitrogens is 2. The van der Waals surface area contributed by atoms with E-state index in [9.17, 15) is 5.11 Å². The first-order chi connectivity index (χ1) is 8.76. The molecule has 4 heteroatoms. The number of rotatable bonds is 5. The van der Waals surface area contributed by atoms with E-state index in [0.29, 0.717) is 0 Å². The van der Waals surface area contributed by atoms with E-state index in [2.05, 4.69) is 24.2 Å². The van der Waals surface area contributed by atoms with Crippen LogP contribution in [0.4, 0.5) is 0 Å². The van der Waals surface area contributed by atoms with Gasteiger partial charge in [-0.05, 0) is 36.4 Å². The van der Waals surface area contributed by atoms with Crippen LogP contribution in [0.1, 0.15) is 31.2 Å². The molecule has 0 radical (unpaired) electrons. The smallest absolute Gasteiger partial charge is 0.121 e. The van der Waals surface area contributed by atoms with E-state index in [0.717, 1.165) is 23.6 Å². The molecule has 3 nitrogen and oxygen atoms in total. The molecule has 0 amide bonds. The van der Waals surface area contributed by atoms with Crippen LogP contribution in [-0.4, -0.2) is 20.6 Å². The second-order valence-corrected chi connectivity index (χ2v) is 5.31. The Morgan fingerprint density at radius 3 is 2.56 bits per heavy atom. The molecule has 1 unspecified atom stereocenters. The lowest BCUT2D eigenvalue weighted by atomic mass is 10.1. The van der Waals surface area contributed by atoms with Crippen molar-refractivity contribution in [3.63, 3.8) is 0 Å². The third-order valence-corrected chi connectivity index (χ3v) is 3.73. The zero-order valence-corrected chi connectivity index (χ0v) is 11.5. The highest BCUT2D eigenvalue weighted by Crippen LogP contribution is 2.24. The van der Waals surface area contributed by atoms with Crippen LogP contribution in [0.15, 0.2) is 41.4 Å². The normalized spacial score (nSPS) is 12.6. The number of hydrogen-bond acceptors (Lipinski definition) is 3. The van der Waals surface area contributed by atoms with Gasteiger partial charge in [0.15, 0.2) is 0 Å². The summed E-state index contributed by atoms with van der Waals surface area (Å²) in [6.45, 7) is 4.92. The molecule has 0 bridgehead atoms. The van der Waals surface area contributed by atoms with E-state index in [4.69, 9.17) is 0 Å². The number of aryl methyl sites for hydroxylation is 1. The Kier molecular flexibility index (Phi) is 4.44. The molecule has 1 heterocycles. The average Bonchev–Trinajstić information content (AvgIpc) is 2.87. The van der Waals surface area contributed by atoms with Crippen molar-refractivity contribution < 1.29 is 5.11 Å². The lowest BCUT2D eigenvalue weighted by Crippen LogP contribution is -2.08. The van der Waals surface area contributed by atoms with Crippen LogP contribution >= 0.6 is 11.8 Å². The quantitative estimate of drug-likeness (QED) is 0.841. The molecule has 1 N–H and O–H groups in total. The average molecular weight is 262 g/mol. The van der Waals surface area contributed by atoms with Gasteiger partial charge in [0.2, 0.25) is 0 Å². The number of thioether (sulfide) groups is 1. The molecule has 0 saturated carbocycles. The van der Waals surface area contributed by atoms with Gasteiger partial charge in [0.1, 0.15) is 6.10 Å². The molecule has 2 aromatic rings. The molecule has 0 aliphatic heterocycles. The van der Waals surface area contributed by atoms with Crippen LogP contribution in [0.5, 0.6) is 0 Å². The summed E-state index contributed by atoms with van der Waals surface area (Å²) in [6.07, 6.45) is 1.12. The van der Waals surface area contributed by atoms with Crippen molar-refractivity contribution in [3.05, 3.63) is 47.8 Å². The number of benzene rings is 1. The Morgan fingerprint density at radius 1 is 1.22 bits per heavy atom. The molecule has 2 rings (SSSR count). The summed E-state index contributed by atoms with van der Waals surface area (Å²) in [4.78, 5) is 1.23. The standard InChI is InChI=1S/C14H18N2OS/c1-3-16-13(9-10-15-16)14(17)11-5-7-12(8-6-11)18-4-2/h5-10,14,17H,3-4H2,1-2H3. The van der Waals surface area contributed by atoms with Gasteiger partial charge in [0, 0.05) is 17.6 Å². The summed E-state index contributed by atoms with van der Waals surface area (Å²) in [7, 11) is 0. The molecule has 0 aliphatic rings. The third-order valence-electron chi connectivity index (χ3n) is 2.84. The topological polar surface area (TPSA) is 38.1 Å². The molecule has 18 heavy (non-hydrogen) atoms. The monoisotopic (exact) mass is 262 g/mol. The number of aliphatic hydroxyl groups excluding tert-OH is 1. The zero-order valence-electron chi connectivity index (χ0n) is 10.7. The van der Waals surface area contributed by atoms with Crippen molar-refractivity contribution in [2.45, 2.75) is 31.4 Å². The highest BCUT2D eigenvalue weighted by molar-refractivity contribution is 7.99. The van der Waals surface area contributed by atoms with E-state index in [1.54, 1.807) is 18.0 Å². The van der Waals surface area contributed by atoms with Crippen LogP contribution in [0.25, 0.3) is 0 Å². The van der Waals surface area contributed by atoms with Crippen molar-refractivity contribution in [2.75, 3.05) is 5.75 Å². The fourth-order valence-corrected chi connectivity index (χ4v) is 2.59. The highest BCUT2D eigenvalue weighted by atomic mass is 32.2. The SMILES string of the molecule is CCSc1ccc(C(O)c2ccnn2CC)cc1. The van der Waals surface area contributed by atoms with Crippen LogP contribution in [-0.2, 0) is 6.54 Å². The highest BCUT2D eigenvalue weighted by Gasteiger charge is 2.14. The van der Waals surface area contributed by atoms with E-state index in [1.165, 1.54) is 4.90 Å². The van der Waals surface area contributed by atoms with Gasteiger partial charge in [0.25, 0.3) is 0 Å². The fourth-order valence-electron chi connectivity index (χ4n) is 1.92. The maximum absolute atomic E-state index is 10.3. The predicted octanol–water partition coefficient (Wildman–Crippen LogP) is 3.10. The first kappa shape index (κ1) is 13.2. The fraction of sp³-hybridized carbons (Fsp3) is 0.357. The second kappa shape index (κ2) is 6.07. The van der Waals surface area contributed by atoms with Crippen molar-refractivity contribution >= 4 is 11.8 Å². The molecular formula is C14H18N2OS. The maximum atomic E-state index is 10.3. The van der Waals surface area contributed by atoms with Crippen LogP contribution in [0.2, 0.25) is 0 Å². The van der Waals surface area contributed by atoms with Gasteiger partial charge < -0.3 is 5.11 Å². The molecule has 0 spiro atoms. The van der Waals surface area contributed by atoms with Gasteiger partial charge in [0.05, 0.1) is 5.69 Å². The molecular weight excluding hydrogens is 244 g/mol. The minimum Gasteiger partial charge on any atom is -0.382 e. The summed E-state index contributed by atoms with van der Waals surface area (Å²) in [5.41, 5.74) is 1.75. The summed E-state index contributed by atoms with van der Waals surface area (Å²) in [6, 6.07) is 9.94. The zero-order chi connectivity index (χ0) is 13.0. The van der Waals surface area contributed by atoms with Crippen molar-refractivity contribution in [2.24, 2.45) is 0 Å². The van der Waals surface area contributed by atoms with Crippen molar-refractivity contribution in [1.82, 2.24) is 9.78 Å². The first-order valence-electron chi connectivity index (χ1n) is 6.18. The van der Waals surface area contributed by atoms with E-state index < -0.39 is 6.10 Å². The second-order valence-electron chi connectivity index (χ2n) is 3.98. The Morgan fingerprint density at radius 2 is 1.94 bits per heavy atom. The Hall–Kier alpha value is -1.26. The Balaban J connectivity index is 2.20.